The minimum absolute atomic E-state index is 0.112. The van der Waals surface area contributed by atoms with Crippen molar-refractivity contribution in [1.82, 2.24) is 4.90 Å². The summed E-state index contributed by atoms with van der Waals surface area (Å²) in [4.78, 5) is 2.54. The third-order valence-electron chi connectivity index (χ3n) is 5.56. The highest BCUT2D eigenvalue weighted by molar-refractivity contribution is 4.93. The van der Waals surface area contributed by atoms with E-state index in [0.717, 1.165) is 18.5 Å². The summed E-state index contributed by atoms with van der Waals surface area (Å²) in [6.45, 7) is 7.90. The molecular formula is C16H31NO. The number of hydrogen-bond donors (Lipinski definition) is 1. The predicted molar refractivity (Wildman–Crippen MR) is 76.6 cm³/mol. The van der Waals surface area contributed by atoms with E-state index < -0.39 is 0 Å². The Morgan fingerprint density at radius 2 is 1.83 bits per heavy atom. The maximum Gasteiger partial charge on any atom is 0.0631 e. The Morgan fingerprint density at radius 3 is 2.39 bits per heavy atom. The van der Waals surface area contributed by atoms with Crippen molar-refractivity contribution in [2.75, 3.05) is 13.6 Å². The lowest BCUT2D eigenvalue weighted by atomic mass is 9.84. The van der Waals surface area contributed by atoms with E-state index in [9.17, 15) is 5.11 Å². The molecule has 0 heterocycles. The molecule has 18 heavy (non-hydrogen) atoms. The van der Waals surface area contributed by atoms with Gasteiger partial charge in [0.1, 0.15) is 0 Å². The molecule has 106 valence electrons. The molecule has 1 N–H and O–H groups in total. The van der Waals surface area contributed by atoms with Crippen molar-refractivity contribution in [3.63, 3.8) is 0 Å². The Morgan fingerprint density at radius 1 is 1.17 bits per heavy atom. The summed E-state index contributed by atoms with van der Waals surface area (Å²) in [7, 11) is 2.27. The molecule has 4 unspecified atom stereocenters. The Balaban J connectivity index is 1.89. The molecule has 2 saturated carbocycles. The lowest BCUT2D eigenvalue weighted by Gasteiger charge is -2.38. The monoisotopic (exact) mass is 253 g/mol. The normalized spacial score (nSPS) is 40.3. The van der Waals surface area contributed by atoms with Crippen molar-refractivity contribution in [1.29, 1.82) is 0 Å². The molecule has 0 bridgehead atoms. The summed E-state index contributed by atoms with van der Waals surface area (Å²) >= 11 is 0. The van der Waals surface area contributed by atoms with Gasteiger partial charge in [0.2, 0.25) is 0 Å². The van der Waals surface area contributed by atoms with Crippen molar-refractivity contribution in [2.45, 2.75) is 71.4 Å². The molecule has 0 radical (unpaired) electrons. The zero-order chi connectivity index (χ0) is 13.3. The van der Waals surface area contributed by atoms with Crippen LogP contribution in [0, 0.1) is 17.3 Å². The lowest BCUT2D eigenvalue weighted by Crippen LogP contribution is -2.43. The van der Waals surface area contributed by atoms with Gasteiger partial charge in [-0.2, -0.15) is 0 Å². The first-order valence-corrected chi connectivity index (χ1v) is 7.80. The maximum atomic E-state index is 10.4. The Hall–Kier alpha value is -0.0800. The van der Waals surface area contributed by atoms with Crippen LogP contribution >= 0.6 is 0 Å². The molecule has 0 spiro atoms. The van der Waals surface area contributed by atoms with Gasteiger partial charge in [-0.1, -0.05) is 33.6 Å². The predicted octanol–water partition coefficient (Wildman–Crippen LogP) is 3.29. The topological polar surface area (TPSA) is 23.5 Å². The van der Waals surface area contributed by atoms with Crippen LogP contribution < -0.4 is 0 Å². The smallest absolute Gasteiger partial charge is 0.0631 e. The van der Waals surface area contributed by atoms with Gasteiger partial charge in [-0.15, -0.1) is 0 Å². The van der Waals surface area contributed by atoms with E-state index in [1.54, 1.807) is 0 Å². The molecule has 2 aliphatic rings. The zero-order valence-corrected chi connectivity index (χ0v) is 12.7. The molecule has 2 heteroatoms. The van der Waals surface area contributed by atoms with Crippen LogP contribution in [-0.2, 0) is 0 Å². The Bertz CT molecular complexity index is 276. The van der Waals surface area contributed by atoms with Gasteiger partial charge in [0.05, 0.1) is 6.10 Å². The molecule has 2 fully saturated rings. The minimum Gasteiger partial charge on any atom is -0.392 e. The molecule has 0 saturated heterocycles. The number of hydrogen-bond acceptors (Lipinski definition) is 2. The standard InChI is InChI=1S/C16H31NO/c1-12-7-5-6-8-14(12)17(4)11-13-9-10-16(2,3)15(13)18/h12-15,18H,5-11H2,1-4H3. The third kappa shape index (κ3) is 2.91. The van der Waals surface area contributed by atoms with Gasteiger partial charge in [0, 0.05) is 12.6 Å². The molecule has 2 rings (SSSR count). The largest absolute Gasteiger partial charge is 0.392 e. The summed E-state index contributed by atoms with van der Waals surface area (Å²) in [5.74, 6) is 1.31. The Labute approximate surface area is 113 Å². The lowest BCUT2D eigenvalue weighted by molar-refractivity contribution is 0.0232. The van der Waals surface area contributed by atoms with Crippen molar-refractivity contribution in [3.8, 4) is 0 Å². The van der Waals surface area contributed by atoms with Crippen molar-refractivity contribution < 1.29 is 5.11 Å². The molecule has 4 atom stereocenters. The first kappa shape index (κ1) is 14.3. The number of aliphatic hydroxyl groups excluding tert-OH is 1. The van der Waals surface area contributed by atoms with Gasteiger partial charge in [-0.25, -0.2) is 0 Å². The molecular weight excluding hydrogens is 222 g/mol. The highest BCUT2D eigenvalue weighted by Gasteiger charge is 2.41. The molecule has 0 aromatic heterocycles. The first-order chi connectivity index (χ1) is 8.42. The summed E-state index contributed by atoms with van der Waals surface area (Å²) in [6.07, 6.45) is 7.78. The molecule has 0 aliphatic heterocycles. The van der Waals surface area contributed by atoms with E-state index in [1.807, 2.05) is 0 Å². The van der Waals surface area contributed by atoms with E-state index in [4.69, 9.17) is 0 Å². The van der Waals surface area contributed by atoms with Crippen LogP contribution in [0.2, 0.25) is 0 Å². The van der Waals surface area contributed by atoms with E-state index in [2.05, 4.69) is 32.7 Å². The summed E-state index contributed by atoms with van der Waals surface area (Å²) in [5.41, 5.74) is 0.129. The van der Waals surface area contributed by atoms with E-state index in [0.29, 0.717) is 5.92 Å². The maximum absolute atomic E-state index is 10.4. The zero-order valence-electron chi connectivity index (χ0n) is 12.7. The van der Waals surface area contributed by atoms with Crippen LogP contribution in [0.5, 0.6) is 0 Å². The van der Waals surface area contributed by atoms with Gasteiger partial charge < -0.3 is 10.0 Å². The minimum atomic E-state index is -0.112. The van der Waals surface area contributed by atoms with Crippen LogP contribution in [0.25, 0.3) is 0 Å². The molecule has 2 nitrogen and oxygen atoms in total. The highest BCUT2D eigenvalue weighted by atomic mass is 16.3. The average Bonchev–Trinajstić information content (AvgIpc) is 2.57. The molecule has 0 aromatic carbocycles. The molecule has 0 aromatic rings. The second-order valence-corrected chi connectivity index (χ2v) is 7.50. The van der Waals surface area contributed by atoms with E-state index >= 15 is 0 Å². The van der Waals surface area contributed by atoms with Crippen LogP contribution in [0.15, 0.2) is 0 Å². The molecule has 0 amide bonds. The van der Waals surface area contributed by atoms with Gasteiger partial charge in [-0.05, 0) is 50.0 Å². The number of aliphatic hydroxyl groups is 1. The quantitative estimate of drug-likeness (QED) is 0.834. The SMILES string of the molecule is CC1CCCCC1N(C)CC1CCC(C)(C)C1O. The van der Waals surface area contributed by atoms with E-state index in [-0.39, 0.29) is 11.5 Å². The fourth-order valence-electron chi connectivity index (χ4n) is 4.15. The van der Waals surface area contributed by atoms with Crippen LogP contribution in [-0.4, -0.2) is 35.7 Å². The van der Waals surface area contributed by atoms with Crippen LogP contribution in [0.1, 0.15) is 59.3 Å². The van der Waals surface area contributed by atoms with E-state index in [1.165, 1.54) is 38.5 Å². The van der Waals surface area contributed by atoms with Crippen molar-refractivity contribution >= 4 is 0 Å². The second kappa shape index (κ2) is 5.50. The third-order valence-corrected chi connectivity index (χ3v) is 5.56. The second-order valence-electron chi connectivity index (χ2n) is 7.50. The highest BCUT2D eigenvalue weighted by Crippen LogP contribution is 2.42. The van der Waals surface area contributed by atoms with Crippen LogP contribution in [0.4, 0.5) is 0 Å². The van der Waals surface area contributed by atoms with Gasteiger partial charge in [0.15, 0.2) is 0 Å². The van der Waals surface area contributed by atoms with Gasteiger partial charge >= 0.3 is 0 Å². The Kier molecular flexibility index (Phi) is 4.38. The number of rotatable bonds is 3. The van der Waals surface area contributed by atoms with Crippen LogP contribution in [0.3, 0.4) is 0 Å². The van der Waals surface area contributed by atoms with Crippen molar-refractivity contribution in [3.05, 3.63) is 0 Å². The fourth-order valence-corrected chi connectivity index (χ4v) is 4.15. The van der Waals surface area contributed by atoms with Gasteiger partial charge in [0.25, 0.3) is 0 Å². The molecule has 2 aliphatic carbocycles. The fraction of sp³-hybridized carbons (Fsp3) is 1.00. The number of nitrogens with zero attached hydrogens (tertiary/aromatic N) is 1. The van der Waals surface area contributed by atoms with Gasteiger partial charge in [-0.3, -0.25) is 0 Å². The summed E-state index contributed by atoms with van der Waals surface area (Å²) in [5, 5.41) is 10.4. The average molecular weight is 253 g/mol. The summed E-state index contributed by atoms with van der Waals surface area (Å²) in [6, 6.07) is 0.745. The first-order valence-electron chi connectivity index (χ1n) is 7.80. The summed E-state index contributed by atoms with van der Waals surface area (Å²) < 4.78 is 0. The van der Waals surface area contributed by atoms with Crippen molar-refractivity contribution in [2.24, 2.45) is 17.3 Å².